The van der Waals surface area contributed by atoms with Crippen molar-refractivity contribution in [3.8, 4) is 11.8 Å². The van der Waals surface area contributed by atoms with Crippen LogP contribution in [-0.4, -0.2) is 15.1 Å². The summed E-state index contributed by atoms with van der Waals surface area (Å²) in [7, 11) is 0. The minimum atomic E-state index is -0.0661. The van der Waals surface area contributed by atoms with Crippen LogP contribution < -0.4 is 0 Å². The molecule has 0 saturated heterocycles. The van der Waals surface area contributed by atoms with Gasteiger partial charge in [0.15, 0.2) is 0 Å². The fourth-order valence-corrected chi connectivity index (χ4v) is 0.905. The van der Waals surface area contributed by atoms with Crippen LogP contribution >= 0.6 is 0 Å². The monoisotopic (exact) mass is 174 g/mol. The highest BCUT2D eigenvalue weighted by molar-refractivity contribution is 5.27. The number of hydrogen-bond acceptors (Lipinski definition) is 3. The Hall–Kier alpha value is -1.40. The Bertz CT molecular complexity index is 343. The molecular formula is C10H10N2O. The summed E-state index contributed by atoms with van der Waals surface area (Å²) < 4.78 is 0. The van der Waals surface area contributed by atoms with Crippen LogP contribution in [0.15, 0.2) is 12.4 Å². The molecular weight excluding hydrogens is 164 g/mol. The maximum Gasteiger partial charge on any atom is 0.131 e. The van der Waals surface area contributed by atoms with Crippen molar-refractivity contribution >= 4 is 0 Å². The van der Waals surface area contributed by atoms with Gasteiger partial charge in [-0.3, -0.25) is 4.98 Å². The molecule has 0 spiro atoms. The van der Waals surface area contributed by atoms with Gasteiger partial charge in [-0.05, 0) is 18.8 Å². The standard InChI is InChI=1S/C10H10N2O/c13-7-10-6-11-9(5-12-10)4-3-8-1-2-8/h5-6,8,13H,1-2,7H2. The molecule has 66 valence electrons. The maximum absolute atomic E-state index is 8.72. The first-order valence-corrected chi connectivity index (χ1v) is 4.32. The molecule has 2 rings (SSSR count). The highest BCUT2D eigenvalue weighted by Gasteiger charge is 2.17. The fraction of sp³-hybridized carbons (Fsp3) is 0.400. The minimum absolute atomic E-state index is 0.0661. The Morgan fingerprint density at radius 1 is 1.38 bits per heavy atom. The van der Waals surface area contributed by atoms with Gasteiger partial charge >= 0.3 is 0 Å². The number of aliphatic hydroxyl groups excluding tert-OH is 1. The first-order valence-electron chi connectivity index (χ1n) is 4.32. The number of nitrogens with zero attached hydrogens (tertiary/aromatic N) is 2. The van der Waals surface area contributed by atoms with Crippen molar-refractivity contribution in [2.75, 3.05) is 0 Å². The van der Waals surface area contributed by atoms with Crippen LogP contribution in [0.1, 0.15) is 24.2 Å². The van der Waals surface area contributed by atoms with E-state index in [0.717, 1.165) is 0 Å². The molecule has 1 N–H and O–H groups in total. The molecule has 0 aromatic carbocycles. The quantitative estimate of drug-likeness (QED) is 0.638. The van der Waals surface area contributed by atoms with E-state index in [-0.39, 0.29) is 6.61 Å². The molecule has 0 radical (unpaired) electrons. The Labute approximate surface area is 76.8 Å². The number of aliphatic hydroxyl groups is 1. The Balaban J connectivity index is 2.09. The van der Waals surface area contributed by atoms with Crippen molar-refractivity contribution in [1.82, 2.24) is 9.97 Å². The highest BCUT2D eigenvalue weighted by atomic mass is 16.3. The summed E-state index contributed by atoms with van der Waals surface area (Å²) in [5.41, 5.74) is 1.26. The van der Waals surface area contributed by atoms with E-state index in [1.165, 1.54) is 12.8 Å². The second-order valence-corrected chi connectivity index (χ2v) is 3.09. The van der Waals surface area contributed by atoms with Crippen molar-refractivity contribution < 1.29 is 5.11 Å². The van der Waals surface area contributed by atoms with Crippen LogP contribution in [0.25, 0.3) is 0 Å². The predicted octanol–water partition coefficient (Wildman–Crippen LogP) is 0.730. The van der Waals surface area contributed by atoms with Crippen LogP contribution in [0.3, 0.4) is 0 Å². The second kappa shape index (κ2) is 3.55. The molecule has 1 aliphatic carbocycles. The third-order valence-corrected chi connectivity index (χ3v) is 1.85. The van der Waals surface area contributed by atoms with Gasteiger partial charge in [0.2, 0.25) is 0 Å². The van der Waals surface area contributed by atoms with Crippen LogP contribution in [0.4, 0.5) is 0 Å². The van der Waals surface area contributed by atoms with E-state index >= 15 is 0 Å². The van der Waals surface area contributed by atoms with Gasteiger partial charge in [0.25, 0.3) is 0 Å². The van der Waals surface area contributed by atoms with Gasteiger partial charge in [-0.2, -0.15) is 0 Å². The Morgan fingerprint density at radius 3 is 2.77 bits per heavy atom. The van der Waals surface area contributed by atoms with Gasteiger partial charge in [-0.25, -0.2) is 4.98 Å². The Kier molecular flexibility index (Phi) is 2.24. The highest BCUT2D eigenvalue weighted by Crippen LogP contribution is 2.27. The molecule has 1 aromatic heterocycles. The smallest absolute Gasteiger partial charge is 0.131 e. The topological polar surface area (TPSA) is 46.0 Å². The summed E-state index contributed by atoms with van der Waals surface area (Å²) in [6.07, 6.45) is 5.59. The molecule has 1 heterocycles. The van der Waals surface area contributed by atoms with Crippen molar-refractivity contribution in [2.45, 2.75) is 19.4 Å². The van der Waals surface area contributed by atoms with Crippen LogP contribution in [0, 0.1) is 17.8 Å². The molecule has 13 heavy (non-hydrogen) atoms. The van der Waals surface area contributed by atoms with Gasteiger partial charge in [0.05, 0.1) is 24.7 Å². The molecule has 0 amide bonds. The molecule has 1 aromatic rings. The van der Waals surface area contributed by atoms with E-state index in [1.54, 1.807) is 12.4 Å². The number of rotatable bonds is 1. The third kappa shape index (κ3) is 2.27. The van der Waals surface area contributed by atoms with Crippen LogP contribution in [0.2, 0.25) is 0 Å². The van der Waals surface area contributed by atoms with E-state index in [1.807, 2.05) is 0 Å². The zero-order chi connectivity index (χ0) is 9.10. The second-order valence-electron chi connectivity index (χ2n) is 3.09. The maximum atomic E-state index is 8.72. The van der Waals surface area contributed by atoms with E-state index in [4.69, 9.17) is 5.11 Å². The average molecular weight is 174 g/mol. The normalized spacial score (nSPS) is 14.8. The molecule has 1 aliphatic rings. The lowest BCUT2D eigenvalue weighted by Gasteiger charge is -1.92. The van der Waals surface area contributed by atoms with Gasteiger partial charge in [-0.1, -0.05) is 5.92 Å². The number of aromatic nitrogens is 2. The first-order chi connectivity index (χ1) is 6.38. The molecule has 0 atom stereocenters. The van der Waals surface area contributed by atoms with E-state index < -0.39 is 0 Å². The fourth-order valence-electron chi connectivity index (χ4n) is 0.905. The Morgan fingerprint density at radius 2 is 2.23 bits per heavy atom. The van der Waals surface area contributed by atoms with Gasteiger partial charge in [-0.15, -0.1) is 0 Å². The van der Waals surface area contributed by atoms with Gasteiger partial charge in [0.1, 0.15) is 5.69 Å². The molecule has 1 saturated carbocycles. The first kappa shape index (κ1) is 8.21. The lowest BCUT2D eigenvalue weighted by Crippen LogP contribution is -1.92. The average Bonchev–Trinajstić information content (AvgIpc) is 2.99. The van der Waals surface area contributed by atoms with E-state index in [9.17, 15) is 0 Å². The third-order valence-electron chi connectivity index (χ3n) is 1.85. The number of hydrogen-bond donors (Lipinski definition) is 1. The molecule has 3 nitrogen and oxygen atoms in total. The van der Waals surface area contributed by atoms with E-state index in [2.05, 4.69) is 21.8 Å². The van der Waals surface area contributed by atoms with Crippen LogP contribution in [0.5, 0.6) is 0 Å². The molecule has 3 heteroatoms. The van der Waals surface area contributed by atoms with Crippen molar-refractivity contribution in [3.05, 3.63) is 23.8 Å². The zero-order valence-electron chi connectivity index (χ0n) is 7.20. The summed E-state index contributed by atoms with van der Waals surface area (Å²) in [6.45, 7) is -0.0661. The summed E-state index contributed by atoms with van der Waals surface area (Å²) in [5, 5.41) is 8.72. The molecule has 0 bridgehead atoms. The molecule has 0 aliphatic heterocycles. The van der Waals surface area contributed by atoms with Crippen molar-refractivity contribution in [3.63, 3.8) is 0 Å². The summed E-state index contributed by atoms with van der Waals surface area (Å²) in [5.74, 6) is 6.63. The minimum Gasteiger partial charge on any atom is -0.390 e. The lowest BCUT2D eigenvalue weighted by molar-refractivity contribution is 0.276. The molecule has 1 fully saturated rings. The summed E-state index contributed by atoms with van der Waals surface area (Å²) in [4.78, 5) is 8.03. The van der Waals surface area contributed by atoms with Gasteiger partial charge < -0.3 is 5.11 Å². The van der Waals surface area contributed by atoms with Gasteiger partial charge in [0, 0.05) is 5.92 Å². The molecule has 0 unspecified atom stereocenters. The van der Waals surface area contributed by atoms with Crippen LogP contribution in [-0.2, 0) is 6.61 Å². The predicted molar refractivity (Wildman–Crippen MR) is 47.6 cm³/mol. The van der Waals surface area contributed by atoms with Crippen molar-refractivity contribution in [1.29, 1.82) is 0 Å². The SMILES string of the molecule is OCc1cnc(C#CC2CC2)cn1. The zero-order valence-corrected chi connectivity index (χ0v) is 7.20. The summed E-state index contributed by atoms with van der Waals surface area (Å²) in [6, 6.07) is 0. The largest absolute Gasteiger partial charge is 0.390 e. The van der Waals surface area contributed by atoms with E-state index in [0.29, 0.717) is 17.3 Å². The summed E-state index contributed by atoms with van der Waals surface area (Å²) >= 11 is 0. The van der Waals surface area contributed by atoms with Crippen molar-refractivity contribution in [2.24, 2.45) is 5.92 Å². The lowest BCUT2D eigenvalue weighted by atomic mass is 10.3.